The Labute approximate surface area is 148 Å². The number of oxazole rings is 1. The van der Waals surface area contributed by atoms with E-state index in [-0.39, 0.29) is 11.6 Å². The zero-order valence-electron chi connectivity index (χ0n) is 12.6. The highest BCUT2D eigenvalue weighted by Crippen LogP contribution is 2.28. The first kappa shape index (κ1) is 16.5. The molecule has 2 aromatic heterocycles. The van der Waals surface area contributed by atoms with Gasteiger partial charge in [-0.3, -0.25) is 4.79 Å². The van der Waals surface area contributed by atoms with Crippen LogP contribution in [0.25, 0.3) is 11.5 Å². The molecule has 0 fully saturated rings. The van der Waals surface area contributed by atoms with Crippen LogP contribution in [-0.4, -0.2) is 27.0 Å². The molecule has 0 aliphatic rings. The summed E-state index contributed by atoms with van der Waals surface area (Å²) in [7, 11) is 0. The fraction of sp³-hybridized carbons (Fsp3) is 0.188. The van der Waals surface area contributed by atoms with Gasteiger partial charge in [-0.15, -0.1) is 0 Å². The van der Waals surface area contributed by atoms with E-state index < -0.39 is 0 Å². The van der Waals surface area contributed by atoms with E-state index in [2.05, 4.69) is 15.3 Å². The van der Waals surface area contributed by atoms with E-state index in [1.165, 1.54) is 6.26 Å². The second kappa shape index (κ2) is 7.51. The lowest BCUT2D eigenvalue weighted by atomic mass is 10.2. The third kappa shape index (κ3) is 3.96. The molecule has 3 rings (SSSR count). The lowest BCUT2D eigenvalue weighted by Gasteiger charge is -2.03. The molecule has 0 saturated carbocycles. The second-order valence-electron chi connectivity index (χ2n) is 5.08. The van der Waals surface area contributed by atoms with Gasteiger partial charge in [0.15, 0.2) is 5.69 Å². The van der Waals surface area contributed by atoms with Crippen LogP contribution in [0.1, 0.15) is 16.9 Å². The third-order valence-electron chi connectivity index (χ3n) is 3.34. The van der Waals surface area contributed by atoms with Crippen molar-refractivity contribution in [1.82, 2.24) is 19.9 Å². The first-order chi connectivity index (χ1) is 11.6. The fourth-order valence-electron chi connectivity index (χ4n) is 2.11. The molecular weight excluding hydrogens is 351 g/mol. The highest BCUT2D eigenvalue weighted by molar-refractivity contribution is 6.42. The molecule has 1 N–H and O–H groups in total. The number of carbonyl (C=O) groups excluding carboxylic acids is 1. The summed E-state index contributed by atoms with van der Waals surface area (Å²) < 4.78 is 7.29. The molecule has 0 aliphatic heterocycles. The van der Waals surface area contributed by atoms with Crippen molar-refractivity contribution in [2.24, 2.45) is 0 Å². The van der Waals surface area contributed by atoms with Crippen molar-refractivity contribution in [1.29, 1.82) is 0 Å². The maximum atomic E-state index is 12.1. The van der Waals surface area contributed by atoms with Crippen LogP contribution in [0.15, 0.2) is 47.6 Å². The summed E-state index contributed by atoms with van der Waals surface area (Å²) in [6.07, 6.45) is 7.45. The highest BCUT2D eigenvalue weighted by atomic mass is 35.5. The zero-order valence-corrected chi connectivity index (χ0v) is 14.1. The van der Waals surface area contributed by atoms with Crippen LogP contribution in [0.3, 0.4) is 0 Å². The van der Waals surface area contributed by atoms with Gasteiger partial charge in [0, 0.05) is 31.0 Å². The normalized spacial score (nSPS) is 10.8. The number of rotatable bonds is 6. The lowest BCUT2D eigenvalue weighted by molar-refractivity contribution is 0.0948. The van der Waals surface area contributed by atoms with Crippen LogP contribution in [0, 0.1) is 0 Å². The average Bonchev–Trinajstić information content (AvgIpc) is 3.25. The monoisotopic (exact) mass is 364 g/mol. The van der Waals surface area contributed by atoms with E-state index in [1.54, 1.807) is 30.7 Å². The van der Waals surface area contributed by atoms with Gasteiger partial charge in [0.2, 0.25) is 5.89 Å². The summed E-state index contributed by atoms with van der Waals surface area (Å²) >= 11 is 11.9. The van der Waals surface area contributed by atoms with Gasteiger partial charge >= 0.3 is 0 Å². The Morgan fingerprint density at radius 2 is 2.17 bits per heavy atom. The molecule has 3 aromatic rings. The average molecular weight is 365 g/mol. The van der Waals surface area contributed by atoms with Crippen LogP contribution < -0.4 is 5.32 Å². The summed E-state index contributed by atoms with van der Waals surface area (Å²) in [5, 5.41) is 3.65. The summed E-state index contributed by atoms with van der Waals surface area (Å²) in [6.45, 7) is 1.32. The molecule has 0 saturated heterocycles. The molecule has 0 unspecified atom stereocenters. The predicted octanol–water partition coefficient (Wildman–Crippen LogP) is 3.67. The van der Waals surface area contributed by atoms with Gasteiger partial charge in [0.1, 0.15) is 6.26 Å². The molecule has 124 valence electrons. The van der Waals surface area contributed by atoms with E-state index in [1.807, 2.05) is 10.8 Å². The van der Waals surface area contributed by atoms with Gasteiger partial charge in [-0.2, -0.15) is 0 Å². The zero-order chi connectivity index (χ0) is 16.9. The molecule has 6 nitrogen and oxygen atoms in total. The molecule has 2 heterocycles. The summed E-state index contributed by atoms with van der Waals surface area (Å²) in [4.78, 5) is 20.2. The number of benzene rings is 1. The first-order valence-corrected chi connectivity index (χ1v) is 8.04. The van der Waals surface area contributed by atoms with Gasteiger partial charge in [-0.05, 0) is 24.6 Å². The quantitative estimate of drug-likeness (QED) is 0.677. The van der Waals surface area contributed by atoms with Gasteiger partial charge in [0.05, 0.1) is 16.4 Å². The maximum absolute atomic E-state index is 12.1. The van der Waals surface area contributed by atoms with E-state index in [0.717, 1.165) is 13.0 Å². The van der Waals surface area contributed by atoms with Crippen molar-refractivity contribution in [2.75, 3.05) is 6.54 Å². The topological polar surface area (TPSA) is 73.0 Å². The van der Waals surface area contributed by atoms with Crippen molar-refractivity contribution in [3.8, 4) is 11.5 Å². The Hall–Kier alpha value is -2.31. The Kier molecular flexibility index (Phi) is 5.17. The molecule has 0 spiro atoms. The molecule has 0 aliphatic carbocycles. The maximum Gasteiger partial charge on any atom is 0.273 e. The molecule has 0 radical (unpaired) electrons. The highest BCUT2D eigenvalue weighted by Gasteiger charge is 2.13. The van der Waals surface area contributed by atoms with E-state index in [4.69, 9.17) is 27.6 Å². The minimum atomic E-state index is -0.282. The molecule has 24 heavy (non-hydrogen) atoms. The number of hydrogen-bond donors (Lipinski definition) is 1. The smallest absolute Gasteiger partial charge is 0.273 e. The molecule has 1 amide bonds. The van der Waals surface area contributed by atoms with Gasteiger partial charge in [0.25, 0.3) is 5.91 Å². The molecular formula is C16H14Cl2N4O2. The third-order valence-corrected chi connectivity index (χ3v) is 4.08. The number of amides is 1. The van der Waals surface area contributed by atoms with Gasteiger partial charge in [-0.1, -0.05) is 23.2 Å². The number of imidazole rings is 1. The van der Waals surface area contributed by atoms with Crippen molar-refractivity contribution in [3.63, 3.8) is 0 Å². The van der Waals surface area contributed by atoms with Crippen LogP contribution in [0.5, 0.6) is 0 Å². The Bertz CT molecular complexity index is 830. The molecule has 8 heteroatoms. The van der Waals surface area contributed by atoms with Crippen LogP contribution in [-0.2, 0) is 6.54 Å². The minimum absolute atomic E-state index is 0.221. The van der Waals surface area contributed by atoms with Crippen LogP contribution >= 0.6 is 23.2 Å². The number of aryl methyl sites for hydroxylation is 1. The van der Waals surface area contributed by atoms with E-state index in [0.29, 0.717) is 28.0 Å². The van der Waals surface area contributed by atoms with Crippen molar-refractivity contribution in [2.45, 2.75) is 13.0 Å². The van der Waals surface area contributed by atoms with Gasteiger partial charge < -0.3 is 14.3 Å². The Morgan fingerprint density at radius 3 is 2.92 bits per heavy atom. The summed E-state index contributed by atoms with van der Waals surface area (Å²) in [6, 6.07) is 5.02. The Balaban J connectivity index is 1.56. The standard InChI is InChI=1S/C16H14Cl2N4O2/c17-12-3-2-11(8-13(12)18)16-21-14(9-24-16)15(23)20-4-1-6-22-7-5-19-10-22/h2-3,5,7-10H,1,4,6H2,(H,20,23). The Morgan fingerprint density at radius 1 is 1.29 bits per heavy atom. The van der Waals surface area contributed by atoms with Crippen molar-refractivity contribution >= 4 is 29.1 Å². The van der Waals surface area contributed by atoms with E-state index in [9.17, 15) is 4.79 Å². The number of nitrogens with one attached hydrogen (secondary N) is 1. The van der Waals surface area contributed by atoms with Crippen molar-refractivity contribution in [3.05, 3.63) is 58.9 Å². The van der Waals surface area contributed by atoms with Crippen LogP contribution in [0.4, 0.5) is 0 Å². The number of hydrogen-bond acceptors (Lipinski definition) is 4. The largest absolute Gasteiger partial charge is 0.444 e. The SMILES string of the molecule is O=C(NCCCn1ccnc1)c1coc(-c2ccc(Cl)c(Cl)c2)n1. The van der Waals surface area contributed by atoms with E-state index >= 15 is 0 Å². The van der Waals surface area contributed by atoms with Crippen LogP contribution in [0.2, 0.25) is 10.0 Å². The first-order valence-electron chi connectivity index (χ1n) is 7.28. The fourth-order valence-corrected chi connectivity index (χ4v) is 2.41. The number of halogens is 2. The summed E-state index contributed by atoms with van der Waals surface area (Å²) in [5.74, 6) is 0.0350. The number of aromatic nitrogens is 3. The number of carbonyl (C=O) groups is 1. The summed E-state index contributed by atoms with van der Waals surface area (Å²) in [5.41, 5.74) is 0.877. The molecule has 1 aromatic carbocycles. The van der Waals surface area contributed by atoms with Crippen molar-refractivity contribution < 1.29 is 9.21 Å². The minimum Gasteiger partial charge on any atom is -0.444 e. The second-order valence-corrected chi connectivity index (χ2v) is 5.89. The number of nitrogens with zero attached hydrogens (tertiary/aromatic N) is 3. The molecule has 0 bridgehead atoms. The predicted molar refractivity (Wildman–Crippen MR) is 91.1 cm³/mol. The molecule has 0 atom stereocenters. The lowest BCUT2D eigenvalue weighted by Crippen LogP contribution is -2.25. The van der Waals surface area contributed by atoms with Gasteiger partial charge in [-0.25, -0.2) is 9.97 Å².